The second-order valence-corrected chi connectivity index (χ2v) is 4.54. The first-order valence-corrected chi connectivity index (χ1v) is 5.33. The van der Waals surface area contributed by atoms with Crippen molar-refractivity contribution in [3.63, 3.8) is 0 Å². The molecule has 1 aliphatic rings. The predicted octanol–water partition coefficient (Wildman–Crippen LogP) is -2.47. The Labute approximate surface area is 105 Å². The van der Waals surface area contributed by atoms with E-state index in [9.17, 15) is 13.0 Å². The molecule has 0 saturated heterocycles. The van der Waals surface area contributed by atoms with Crippen molar-refractivity contribution in [2.45, 2.75) is 11.8 Å². The van der Waals surface area contributed by atoms with E-state index in [0.29, 0.717) is 0 Å². The van der Waals surface area contributed by atoms with Gasteiger partial charge >= 0.3 is 29.6 Å². The molecule has 0 aromatic heterocycles. The van der Waals surface area contributed by atoms with Gasteiger partial charge < -0.3 is 9.87 Å². The zero-order valence-corrected chi connectivity index (χ0v) is 10.5. The Morgan fingerprint density at radius 2 is 2.00 bits per heavy atom. The van der Waals surface area contributed by atoms with Gasteiger partial charge in [0.15, 0.2) is 0 Å². The molecular weight excluding hydrogens is 213 g/mol. The maximum Gasteiger partial charge on any atom is 1.00 e. The summed E-state index contributed by atoms with van der Waals surface area (Å²) in [5.41, 5.74) is 1.62. The number of benzene rings is 1. The fraction of sp³-hybridized carbons (Fsp3) is 0.250. The van der Waals surface area contributed by atoms with Gasteiger partial charge in [-0.15, -0.1) is 0 Å². The van der Waals surface area contributed by atoms with E-state index < -0.39 is 15.5 Å². The Morgan fingerprint density at radius 1 is 1.36 bits per heavy atom. The molecule has 6 heteroatoms. The summed E-state index contributed by atoms with van der Waals surface area (Å²) < 4.78 is 32.1. The molecule has 0 aliphatic carbocycles. The largest absolute Gasteiger partial charge is 1.00 e. The maximum absolute atomic E-state index is 10.7. The molecule has 1 atom stereocenters. The number of hydrogen-bond acceptors (Lipinski definition) is 4. The quantitative estimate of drug-likeness (QED) is 0.421. The Kier molecular flexibility index (Phi) is 3.60. The molecule has 0 saturated carbocycles. The molecule has 4 nitrogen and oxygen atoms in total. The second kappa shape index (κ2) is 4.20. The predicted molar refractivity (Wildman–Crippen MR) is 47.3 cm³/mol. The van der Waals surface area contributed by atoms with E-state index in [1.807, 2.05) is 12.1 Å². The average molecular weight is 221 g/mol. The van der Waals surface area contributed by atoms with Crippen molar-refractivity contribution in [2.24, 2.45) is 0 Å². The smallest absolute Gasteiger partial charge is 0.746 e. The van der Waals surface area contributed by atoms with Crippen LogP contribution in [-0.2, 0) is 16.5 Å². The molecule has 1 unspecified atom stereocenters. The van der Waals surface area contributed by atoms with Crippen molar-refractivity contribution >= 4 is 15.8 Å². The minimum absolute atomic E-state index is 0. The van der Waals surface area contributed by atoms with Crippen LogP contribution in [0.2, 0.25) is 0 Å². The van der Waals surface area contributed by atoms with Crippen molar-refractivity contribution in [3.8, 4) is 0 Å². The molecule has 70 valence electrons. The Bertz CT molecular complexity index is 407. The Morgan fingerprint density at radius 3 is 2.57 bits per heavy atom. The SMILES string of the molecule is O=S(=O)([O-])C1Cc2ccccc2N1.[Na+]. The van der Waals surface area contributed by atoms with Crippen LogP contribution >= 0.6 is 0 Å². The van der Waals surface area contributed by atoms with E-state index in [-0.39, 0.29) is 36.0 Å². The van der Waals surface area contributed by atoms with Crippen LogP contribution in [0, 0.1) is 0 Å². The topological polar surface area (TPSA) is 69.2 Å². The molecule has 0 fully saturated rings. The van der Waals surface area contributed by atoms with E-state index in [2.05, 4.69) is 5.32 Å². The molecule has 1 aromatic rings. The van der Waals surface area contributed by atoms with Gasteiger partial charge in [-0.05, 0) is 11.6 Å². The molecule has 0 bridgehead atoms. The molecule has 1 aliphatic heterocycles. The summed E-state index contributed by atoms with van der Waals surface area (Å²) in [4.78, 5) is 0. The zero-order valence-electron chi connectivity index (χ0n) is 7.73. The summed E-state index contributed by atoms with van der Waals surface area (Å²) in [6.45, 7) is 0. The average Bonchev–Trinajstić information content (AvgIpc) is 2.45. The fourth-order valence-electron chi connectivity index (χ4n) is 1.44. The van der Waals surface area contributed by atoms with Crippen LogP contribution in [0.5, 0.6) is 0 Å². The number of nitrogens with one attached hydrogen (secondary N) is 1. The van der Waals surface area contributed by atoms with Crippen molar-refractivity contribution in [3.05, 3.63) is 29.8 Å². The summed E-state index contributed by atoms with van der Waals surface area (Å²) >= 11 is 0. The van der Waals surface area contributed by atoms with Crippen LogP contribution in [0.4, 0.5) is 5.69 Å². The van der Waals surface area contributed by atoms with Gasteiger partial charge in [0.05, 0.1) is 0 Å². The second-order valence-electron chi connectivity index (χ2n) is 2.99. The summed E-state index contributed by atoms with van der Waals surface area (Å²) in [6, 6.07) is 7.19. The summed E-state index contributed by atoms with van der Waals surface area (Å²) in [5.74, 6) is 0. The molecular formula is C8H8NNaO3S. The first-order chi connectivity index (χ1) is 6.07. The van der Waals surface area contributed by atoms with Gasteiger partial charge in [0, 0.05) is 12.1 Å². The summed E-state index contributed by atoms with van der Waals surface area (Å²) in [5, 5.41) is 1.68. The fourth-order valence-corrected chi connectivity index (χ4v) is 2.09. The summed E-state index contributed by atoms with van der Waals surface area (Å²) in [7, 11) is -4.23. The number of fused-ring (bicyclic) bond motifs is 1. The molecule has 14 heavy (non-hydrogen) atoms. The van der Waals surface area contributed by atoms with Crippen molar-refractivity contribution < 1.29 is 42.5 Å². The van der Waals surface area contributed by atoms with Gasteiger partial charge in [0.1, 0.15) is 15.5 Å². The first-order valence-electron chi connectivity index (χ1n) is 3.86. The monoisotopic (exact) mass is 221 g/mol. The third-order valence-corrected chi connectivity index (χ3v) is 3.07. The van der Waals surface area contributed by atoms with Gasteiger partial charge in [-0.3, -0.25) is 0 Å². The molecule has 0 amide bonds. The van der Waals surface area contributed by atoms with Crippen LogP contribution in [0.1, 0.15) is 5.56 Å². The number of para-hydroxylation sites is 1. The minimum Gasteiger partial charge on any atom is -0.746 e. The Hall–Kier alpha value is -0.0700. The van der Waals surface area contributed by atoms with Crippen molar-refractivity contribution in [1.82, 2.24) is 0 Å². The van der Waals surface area contributed by atoms with Crippen LogP contribution in [0.15, 0.2) is 24.3 Å². The van der Waals surface area contributed by atoms with Crippen LogP contribution < -0.4 is 34.9 Å². The van der Waals surface area contributed by atoms with E-state index in [1.165, 1.54) is 0 Å². The Balaban J connectivity index is 0.000000980. The number of hydrogen-bond donors (Lipinski definition) is 1. The molecule has 1 N–H and O–H groups in total. The van der Waals surface area contributed by atoms with E-state index in [1.54, 1.807) is 12.1 Å². The van der Waals surface area contributed by atoms with Gasteiger partial charge in [-0.2, -0.15) is 0 Å². The van der Waals surface area contributed by atoms with Crippen LogP contribution in [-0.4, -0.2) is 18.3 Å². The zero-order chi connectivity index (χ0) is 9.47. The van der Waals surface area contributed by atoms with Gasteiger partial charge in [-0.25, -0.2) is 8.42 Å². The molecule has 1 aromatic carbocycles. The third-order valence-electron chi connectivity index (χ3n) is 2.09. The summed E-state index contributed by atoms with van der Waals surface area (Å²) in [6.07, 6.45) is 0.266. The van der Waals surface area contributed by atoms with E-state index in [4.69, 9.17) is 0 Å². The first kappa shape index (κ1) is 12.0. The van der Waals surface area contributed by atoms with Crippen LogP contribution in [0.25, 0.3) is 0 Å². The van der Waals surface area contributed by atoms with Crippen molar-refractivity contribution in [2.75, 3.05) is 5.32 Å². The van der Waals surface area contributed by atoms with Gasteiger partial charge in [0.25, 0.3) is 0 Å². The van der Waals surface area contributed by atoms with E-state index >= 15 is 0 Å². The number of rotatable bonds is 1. The molecule has 0 spiro atoms. The minimum atomic E-state index is -4.23. The molecule has 0 radical (unpaired) electrons. The standard InChI is InChI=1S/C8H9NO3S.Na/c10-13(11,12)8-5-6-3-1-2-4-7(6)9-8;/h1-4,8-9H,5H2,(H,10,11,12);/q;+1/p-1. The normalized spacial score (nSPS) is 19.4. The van der Waals surface area contributed by atoms with Crippen molar-refractivity contribution in [1.29, 1.82) is 0 Å². The van der Waals surface area contributed by atoms with Gasteiger partial charge in [0.2, 0.25) is 0 Å². The number of anilines is 1. The molecule has 2 rings (SSSR count). The van der Waals surface area contributed by atoms with Gasteiger partial charge in [-0.1, -0.05) is 18.2 Å². The van der Waals surface area contributed by atoms with Crippen LogP contribution in [0.3, 0.4) is 0 Å². The maximum atomic E-state index is 10.7. The van der Waals surface area contributed by atoms with E-state index in [0.717, 1.165) is 11.3 Å². The molecule has 1 heterocycles. The third kappa shape index (κ3) is 2.29.